The second-order valence-electron chi connectivity index (χ2n) is 13.1. The number of methoxy groups -OCH3 is 1. The molecule has 2 aliphatic heterocycles. The topological polar surface area (TPSA) is 166 Å². The highest BCUT2D eigenvalue weighted by Crippen LogP contribution is 2.73. The number of hydrogen-bond donors (Lipinski definition) is 3. The normalized spacial score (nSPS) is 49.0. The van der Waals surface area contributed by atoms with Gasteiger partial charge in [0.15, 0.2) is 5.78 Å². The smallest absolute Gasteiger partial charge is 0.348 e. The number of aliphatic hydroxyl groups excluding tert-OH is 3. The van der Waals surface area contributed by atoms with Crippen molar-refractivity contribution in [1.82, 2.24) is 0 Å². The molecule has 3 saturated carbocycles. The average molecular weight is 553 g/mol. The first-order chi connectivity index (χ1) is 18.2. The van der Waals surface area contributed by atoms with E-state index in [0.717, 1.165) is 7.11 Å². The third-order valence-corrected chi connectivity index (χ3v) is 11.1. The quantitative estimate of drug-likeness (QED) is 0.319. The van der Waals surface area contributed by atoms with Crippen LogP contribution in [0.5, 0.6) is 0 Å². The lowest BCUT2D eigenvalue weighted by Crippen LogP contribution is -2.79. The fraction of sp³-hybridized carbons (Fsp3) is 0.857. The summed E-state index contributed by atoms with van der Waals surface area (Å²) in [4.78, 5) is 53.0. The summed E-state index contributed by atoms with van der Waals surface area (Å²) < 4.78 is 22.9. The second kappa shape index (κ2) is 9.22. The van der Waals surface area contributed by atoms with Crippen LogP contribution < -0.4 is 0 Å². The lowest BCUT2D eigenvalue weighted by molar-refractivity contribution is -0.299. The van der Waals surface area contributed by atoms with Gasteiger partial charge in [0.2, 0.25) is 11.7 Å². The molecule has 3 unspecified atom stereocenters. The third kappa shape index (κ3) is 3.55. The van der Waals surface area contributed by atoms with Crippen molar-refractivity contribution in [1.29, 1.82) is 0 Å². The second-order valence-corrected chi connectivity index (χ2v) is 13.1. The summed E-state index contributed by atoms with van der Waals surface area (Å²) in [5.74, 6) is -5.72. The fourth-order valence-electron chi connectivity index (χ4n) is 8.91. The minimum atomic E-state index is -2.19. The molecule has 0 aromatic heterocycles. The minimum Gasteiger partial charge on any atom is -0.467 e. The summed E-state index contributed by atoms with van der Waals surface area (Å²) in [6, 6.07) is 0. The molecule has 39 heavy (non-hydrogen) atoms. The number of ketones is 1. The van der Waals surface area contributed by atoms with Gasteiger partial charge in [0.05, 0.1) is 25.7 Å². The molecule has 5 rings (SSSR count). The van der Waals surface area contributed by atoms with Crippen LogP contribution in [-0.2, 0) is 38.1 Å². The van der Waals surface area contributed by atoms with E-state index < -0.39 is 82.6 Å². The Morgan fingerprint density at radius 2 is 1.79 bits per heavy atom. The highest BCUT2D eigenvalue weighted by atomic mass is 16.6. The van der Waals surface area contributed by atoms with Crippen molar-refractivity contribution in [2.24, 2.45) is 46.3 Å². The van der Waals surface area contributed by atoms with E-state index in [2.05, 4.69) is 0 Å². The molecule has 1 spiro atoms. The molecule has 3 N–H and O–H groups in total. The van der Waals surface area contributed by atoms with Crippen molar-refractivity contribution in [3.8, 4) is 0 Å². The number of aliphatic hydroxyl groups is 3. The predicted molar refractivity (Wildman–Crippen MR) is 132 cm³/mol. The van der Waals surface area contributed by atoms with Gasteiger partial charge in [0.25, 0.3) is 0 Å². The summed E-state index contributed by atoms with van der Waals surface area (Å²) in [5, 5.41) is 33.9. The molecule has 2 bridgehead atoms. The first-order valence-electron chi connectivity index (χ1n) is 13.9. The zero-order valence-electron chi connectivity index (χ0n) is 23.3. The molecule has 0 aromatic carbocycles. The van der Waals surface area contributed by atoms with Gasteiger partial charge in [-0.1, -0.05) is 34.6 Å². The van der Waals surface area contributed by atoms with Crippen LogP contribution in [0.15, 0.2) is 0 Å². The molecule has 11 nitrogen and oxygen atoms in total. The maximum atomic E-state index is 13.5. The number of carbonyl (C=O) groups is 4. The highest BCUT2D eigenvalue weighted by Gasteiger charge is 2.85. The van der Waals surface area contributed by atoms with E-state index in [1.54, 1.807) is 6.92 Å². The monoisotopic (exact) mass is 552 g/mol. The van der Waals surface area contributed by atoms with Gasteiger partial charge in [-0.3, -0.25) is 9.59 Å². The van der Waals surface area contributed by atoms with E-state index in [1.165, 1.54) is 0 Å². The zero-order valence-corrected chi connectivity index (χ0v) is 23.3. The molecule has 5 aliphatic rings. The lowest BCUT2D eigenvalue weighted by atomic mass is 9.37. The molecular weight excluding hydrogens is 512 g/mol. The van der Waals surface area contributed by atoms with Crippen LogP contribution in [0.4, 0.5) is 0 Å². The molecule has 2 heterocycles. The van der Waals surface area contributed by atoms with E-state index in [4.69, 9.17) is 18.9 Å². The Hall–Kier alpha value is -2.08. The predicted octanol–water partition coefficient (Wildman–Crippen LogP) is 0.398. The molecular formula is C28H40O11. The minimum absolute atomic E-state index is 0.0228. The average Bonchev–Trinajstić information content (AvgIpc) is 3.18. The first kappa shape index (κ1) is 28.4. The highest BCUT2D eigenvalue weighted by molar-refractivity contribution is 5.88. The first-order valence-corrected chi connectivity index (χ1v) is 13.9. The van der Waals surface area contributed by atoms with E-state index in [1.807, 2.05) is 27.7 Å². The standard InChI is InChI=1S/C28H40O11/c1-11(2)12(3)7-17(30)39-20-22-27-10-37-28(22,25(35)36-6)23(33)19(32)21(27)26(5)9-15(29)18(31)13(4)14(26)8-16(27)38-24(20)34/h11-14,16,18-23,31-33H,7-10H2,1-6H3/t12?,13?,14-,16+,18?,19+,20+,21+,22+,23-,26-,27+,28-/m0/s1. The van der Waals surface area contributed by atoms with Gasteiger partial charge < -0.3 is 34.3 Å². The van der Waals surface area contributed by atoms with E-state index in [9.17, 15) is 34.5 Å². The number of carbonyl (C=O) groups excluding carboxylic acids is 4. The zero-order chi connectivity index (χ0) is 28.8. The van der Waals surface area contributed by atoms with Crippen molar-refractivity contribution < 1.29 is 53.4 Å². The van der Waals surface area contributed by atoms with Gasteiger partial charge in [0.1, 0.15) is 18.3 Å². The number of esters is 3. The molecule has 3 aliphatic carbocycles. The van der Waals surface area contributed by atoms with Crippen molar-refractivity contribution in [2.75, 3.05) is 13.7 Å². The van der Waals surface area contributed by atoms with Crippen molar-refractivity contribution in [3.05, 3.63) is 0 Å². The van der Waals surface area contributed by atoms with Crippen LogP contribution in [0.2, 0.25) is 0 Å². The van der Waals surface area contributed by atoms with E-state index in [0.29, 0.717) is 0 Å². The van der Waals surface area contributed by atoms with Gasteiger partial charge in [-0.2, -0.15) is 0 Å². The Morgan fingerprint density at radius 3 is 2.41 bits per heavy atom. The molecule has 218 valence electrons. The van der Waals surface area contributed by atoms with Crippen LogP contribution >= 0.6 is 0 Å². The van der Waals surface area contributed by atoms with Gasteiger partial charge in [-0.15, -0.1) is 0 Å². The number of ether oxygens (including phenoxy) is 4. The Balaban J connectivity index is 1.66. The maximum Gasteiger partial charge on any atom is 0.348 e. The molecule has 11 heteroatoms. The van der Waals surface area contributed by atoms with Crippen LogP contribution in [0.25, 0.3) is 0 Å². The summed E-state index contributed by atoms with van der Waals surface area (Å²) in [5.41, 5.74) is -4.39. The van der Waals surface area contributed by atoms with E-state index >= 15 is 0 Å². The summed E-state index contributed by atoms with van der Waals surface area (Å²) in [6.07, 6.45) is -6.88. The van der Waals surface area contributed by atoms with Crippen molar-refractivity contribution >= 4 is 23.7 Å². The maximum absolute atomic E-state index is 13.5. The summed E-state index contributed by atoms with van der Waals surface area (Å²) >= 11 is 0. The van der Waals surface area contributed by atoms with Crippen LogP contribution in [-0.4, -0.2) is 88.8 Å². The van der Waals surface area contributed by atoms with Gasteiger partial charge >= 0.3 is 17.9 Å². The molecule has 2 saturated heterocycles. The van der Waals surface area contributed by atoms with Crippen LogP contribution in [0, 0.1) is 46.3 Å². The fourth-order valence-corrected chi connectivity index (χ4v) is 8.91. The molecule has 0 aromatic rings. The number of Topliss-reactive ketones (excluding diaryl/α,β-unsaturated/α-hetero) is 1. The number of fused-ring (bicyclic) bond motifs is 2. The largest absolute Gasteiger partial charge is 0.467 e. The Labute approximate surface area is 227 Å². The number of hydrogen-bond acceptors (Lipinski definition) is 11. The SMILES string of the molecule is COC(=O)[C@@]12OC[C@]34[C@H]([C@@H](O)[C@@H]1O)[C@@]1(C)CC(=O)C(O)C(C)[C@@H]1C[C@H]3OC(=O)[C@H](OC(=O)CC(C)C(C)C)[C@@H]24. The Bertz CT molecular complexity index is 1070. The molecule has 0 radical (unpaired) electrons. The van der Waals surface area contributed by atoms with Gasteiger partial charge in [-0.05, 0) is 35.5 Å². The van der Waals surface area contributed by atoms with E-state index in [-0.39, 0.29) is 49.4 Å². The van der Waals surface area contributed by atoms with Crippen molar-refractivity contribution in [2.45, 2.75) is 90.0 Å². The Morgan fingerprint density at radius 1 is 1.13 bits per heavy atom. The van der Waals surface area contributed by atoms with Gasteiger partial charge in [0, 0.05) is 24.2 Å². The van der Waals surface area contributed by atoms with Crippen molar-refractivity contribution in [3.63, 3.8) is 0 Å². The lowest BCUT2D eigenvalue weighted by Gasteiger charge is -2.68. The van der Waals surface area contributed by atoms with Gasteiger partial charge in [-0.25, -0.2) is 9.59 Å². The number of rotatable bonds is 5. The Kier molecular flexibility index (Phi) is 6.73. The molecule has 0 amide bonds. The molecule has 13 atom stereocenters. The van der Waals surface area contributed by atoms with Crippen LogP contribution in [0.1, 0.15) is 53.9 Å². The molecule has 5 fully saturated rings. The summed E-state index contributed by atoms with van der Waals surface area (Å²) in [7, 11) is 1.11. The summed E-state index contributed by atoms with van der Waals surface area (Å²) in [6.45, 7) is 9.21. The van der Waals surface area contributed by atoms with Crippen LogP contribution in [0.3, 0.4) is 0 Å². The third-order valence-electron chi connectivity index (χ3n) is 11.1.